The molecule has 3 rings (SSSR count). The Morgan fingerprint density at radius 2 is 1.94 bits per heavy atom. The van der Waals surface area contributed by atoms with E-state index < -0.39 is 0 Å². The van der Waals surface area contributed by atoms with E-state index >= 15 is 0 Å². The Balaban J connectivity index is 2.16. The zero-order valence-electron chi connectivity index (χ0n) is 8.94. The Kier molecular flexibility index (Phi) is 2.13. The molecule has 0 saturated carbocycles. The number of aromatic nitrogens is 3. The zero-order chi connectivity index (χ0) is 11.0. The van der Waals surface area contributed by atoms with Gasteiger partial charge < -0.3 is 0 Å². The molecule has 2 heterocycles. The third-order valence-electron chi connectivity index (χ3n) is 3.10. The molecule has 4 heteroatoms. The van der Waals surface area contributed by atoms with Crippen LogP contribution in [0.1, 0.15) is 24.1 Å². The molecule has 4 nitrogen and oxygen atoms in total. The van der Waals surface area contributed by atoms with Gasteiger partial charge in [0.25, 0.3) is 5.56 Å². The summed E-state index contributed by atoms with van der Waals surface area (Å²) in [6.45, 7) is 0. The van der Waals surface area contributed by atoms with Gasteiger partial charge in [0.2, 0.25) is 0 Å². The van der Waals surface area contributed by atoms with Crippen molar-refractivity contribution in [3.05, 3.63) is 46.1 Å². The highest BCUT2D eigenvalue weighted by atomic mass is 16.1. The largest absolute Gasteiger partial charge is 0.295 e. The van der Waals surface area contributed by atoms with E-state index in [2.05, 4.69) is 10.1 Å². The number of pyridine rings is 1. The van der Waals surface area contributed by atoms with Gasteiger partial charge in [-0.2, -0.15) is 0 Å². The van der Waals surface area contributed by atoms with E-state index in [4.69, 9.17) is 0 Å². The molecule has 1 aliphatic rings. The summed E-state index contributed by atoms with van der Waals surface area (Å²) in [6, 6.07) is 3.67. The van der Waals surface area contributed by atoms with E-state index in [1.165, 1.54) is 6.42 Å². The molecule has 16 heavy (non-hydrogen) atoms. The monoisotopic (exact) mass is 215 g/mol. The van der Waals surface area contributed by atoms with E-state index in [-0.39, 0.29) is 5.56 Å². The van der Waals surface area contributed by atoms with Crippen LogP contribution in [-0.2, 0) is 12.8 Å². The van der Waals surface area contributed by atoms with Crippen LogP contribution in [0.5, 0.6) is 0 Å². The predicted molar refractivity (Wildman–Crippen MR) is 60.8 cm³/mol. The summed E-state index contributed by atoms with van der Waals surface area (Å²) in [5, 5.41) is 3.19. The van der Waals surface area contributed by atoms with Crippen molar-refractivity contribution in [1.82, 2.24) is 14.8 Å². The van der Waals surface area contributed by atoms with E-state index in [1.807, 2.05) is 12.1 Å². The molecule has 0 unspecified atom stereocenters. The summed E-state index contributed by atoms with van der Waals surface area (Å²) in [4.78, 5) is 16.1. The van der Waals surface area contributed by atoms with Crippen LogP contribution in [0.4, 0.5) is 0 Å². The molecule has 0 saturated heterocycles. The smallest absolute Gasteiger partial charge is 0.274 e. The topological polar surface area (TPSA) is 50.7 Å². The van der Waals surface area contributed by atoms with Crippen LogP contribution in [-0.4, -0.2) is 14.8 Å². The molecule has 0 spiro atoms. The molecular weight excluding hydrogens is 202 g/mol. The summed E-state index contributed by atoms with van der Waals surface area (Å²) >= 11 is 0. The maximum absolute atomic E-state index is 12.1. The highest BCUT2D eigenvalue weighted by molar-refractivity contribution is 5.31. The Labute approximate surface area is 92.9 Å². The predicted octanol–water partition coefficient (Wildman–Crippen LogP) is 1.44. The number of nitrogens with one attached hydrogen (secondary N) is 1. The van der Waals surface area contributed by atoms with E-state index in [0.717, 1.165) is 36.2 Å². The second-order valence-corrected chi connectivity index (χ2v) is 4.12. The number of aryl methyl sites for hydroxylation is 1. The Bertz CT molecular complexity index is 553. The average Bonchev–Trinajstić information content (AvgIpc) is 2.69. The SMILES string of the molecule is O=c1c2c([nH]n1-c1ccncc1)CCCC2. The molecule has 0 atom stereocenters. The minimum atomic E-state index is 0.0981. The molecule has 0 fully saturated rings. The van der Waals surface area contributed by atoms with Gasteiger partial charge in [0.05, 0.1) is 5.69 Å². The first-order valence-corrected chi connectivity index (χ1v) is 5.59. The lowest BCUT2D eigenvalue weighted by atomic mass is 9.98. The fourth-order valence-corrected chi connectivity index (χ4v) is 2.26. The van der Waals surface area contributed by atoms with Crippen LogP contribution in [0.15, 0.2) is 29.3 Å². The van der Waals surface area contributed by atoms with Crippen LogP contribution in [0.3, 0.4) is 0 Å². The third-order valence-corrected chi connectivity index (χ3v) is 3.10. The fraction of sp³-hybridized carbons (Fsp3) is 0.333. The number of fused-ring (bicyclic) bond motifs is 1. The summed E-state index contributed by atoms with van der Waals surface area (Å²) in [6.07, 6.45) is 7.58. The second kappa shape index (κ2) is 3.63. The van der Waals surface area contributed by atoms with Crippen LogP contribution in [0.2, 0.25) is 0 Å². The first kappa shape index (κ1) is 9.39. The summed E-state index contributed by atoms with van der Waals surface area (Å²) in [5.41, 5.74) is 3.02. The molecule has 0 aromatic carbocycles. The lowest BCUT2D eigenvalue weighted by Crippen LogP contribution is -2.17. The van der Waals surface area contributed by atoms with E-state index in [9.17, 15) is 4.79 Å². The minimum absolute atomic E-state index is 0.0981. The van der Waals surface area contributed by atoms with Crippen LogP contribution in [0, 0.1) is 0 Å². The van der Waals surface area contributed by atoms with Crippen molar-refractivity contribution < 1.29 is 0 Å². The zero-order valence-corrected chi connectivity index (χ0v) is 8.94. The summed E-state index contributed by atoms with van der Waals surface area (Å²) < 4.78 is 1.62. The van der Waals surface area contributed by atoms with Crippen molar-refractivity contribution >= 4 is 0 Å². The molecule has 1 N–H and O–H groups in total. The normalized spacial score (nSPS) is 14.8. The number of hydrogen-bond acceptors (Lipinski definition) is 2. The van der Waals surface area contributed by atoms with Gasteiger partial charge in [-0.05, 0) is 37.8 Å². The number of hydrogen-bond donors (Lipinski definition) is 1. The Hall–Kier alpha value is -1.84. The van der Waals surface area contributed by atoms with Crippen LogP contribution in [0.25, 0.3) is 5.69 Å². The van der Waals surface area contributed by atoms with Gasteiger partial charge in [0, 0.05) is 23.7 Å². The van der Waals surface area contributed by atoms with Gasteiger partial charge in [-0.15, -0.1) is 0 Å². The maximum atomic E-state index is 12.1. The highest BCUT2D eigenvalue weighted by Gasteiger charge is 2.17. The van der Waals surface area contributed by atoms with Crippen molar-refractivity contribution in [1.29, 1.82) is 0 Å². The van der Waals surface area contributed by atoms with Gasteiger partial charge in [-0.25, -0.2) is 4.68 Å². The quantitative estimate of drug-likeness (QED) is 0.782. The molecule has 1 aliphatic carbocycles. The molecule has 0 bridgehead atoms. The lowest BCUT2D eigenvalue weighted by molar-refractivity contribution is 0.671. The van der Waals surface area contributed by atoms with Crippen molar-refractivity contribution in [3.63, 3.8) is 0 Å². The maximum Gasteiger partial charge on any atom is 0.274 e. The number of rotatable bonds is 1. The fourth-order valence-electron chi connectivity index (χ4n) is 2.26. The van der Waals surface area contributed by atoms with Crippen LogP contribution < -0.4 is 5.56 Å². The molecule has 82 valence electrons. The Morgan fingerprint density at radius 1 is 1.19 bits per heavy atom. The lowest BCUT2D eigenvalue weighted by Gasteiger charge is -2.07. The van der Waals surface area contributed by atoms with E-state index in [0.29, 0.717) is 0 Å². The molecule has 0 amide bonds. The van der Waals surface area contributed by atoms with Crippen LogP contribution >= 0.6 is 0 Å². The number of aromatic amines is 1. The summed E-state index contributed by atoms with van der Waals surface area (Å²) in [7, 11) is 0. The van der Waals surface area contributed by atoms with Gasteiger partial charge in [0.15, 0.2) is 0 Å². The molecule has 2 aromatic heterocycles. The van der Waals surface area contributed by atoms with Crippen molar-refractivity contribution in [2.24, 2.45) is 0 Å². The Morgan fingerprint density at radius 3 is 2.69 bits per heavy atom. The van der Waals surface area contributed by atoms with Crippen molar-refractivity contribution in [3.8, 4) is 5.69 Å². The van der Waals surface area contributed by atoms with E-state index in [1.54, 1.807) is 17.1 Å². The minimum Gasteiger partial charge on any atom is -0.295 e. The number of H-pyrrole nitrogens is 1. The van der Waals surface area contributed by atoms with Gasteiger partial charge in [-0.1, -0.05) is 0 Å². The summed E-state index contributed by atoms with van der Waals surface area (Å²) in [5.74, 6) is 0. The second-order valence-electron chi connectivity index (χ2n) is 4.12. The first-order chi connectivity index (χ1) is 7.86. The average molecular weight is 215 g/mol. The van der Waals surface area contributed by atoms with Gasteiger partial charge in [-0.3, -0.25) is 14.9 Å². The number of nitrogens with zero attached hydrogens (tertiary/aromatic N) is 2. The van der Waals surface area contributed by atoms with Gasteiger partial charge in [0.1, 0.15) is 0 Å². The molecular formula is C12H13N3O. The van der Waals surface area contributed by atoms with Crippen molar-refractivity contribution in [2.45, 2.75) is 25.7 Å². The first-order valence-electron chi connectivity index (χ1n) is 5.59. The molecule has 0 aliphatic heterocycles. The standard InChI is InChI=1S/C12H13N3O/c16-12-10-3-1-2-4-11(10)14-15(12)9-5-7-13-8-6-9/h5-8,14H,1-4H2. The molecule has 0 radical (unpaired) electrons. The third kappa shape index (κ3) is 1.38. The van der Waals surface area contributed by atoms with Crippen molar-refractivity contribution in [2.75, 3.05) is 0 Å². The molecule has 2 aromatic rings. The highest BCUT2D eigenvalue weighted by Crippen LogP contribution is 2.17. The van der Waals surface area contributed by atoms with Gasteiger partial charge >= 0.3 is 0 Å².